The number of nitrogens with one attached hydrogen (secondary N) is 2. The molecule has 2 N–H and O–H groups in total. The molecule has 1 aromatic heterocycles. The standard InChI is InChI=1S/C12H17N3/c1-4-9(13-3)12-14-10-6-5-8(2)7-11(10)15-12/h5-7,9,13H,4H2,1-3H3,(H,14,15). The predicted octanol–water partition coefficient (Wildman–Crippen LogP) is 2.54. The number of hydrogen-bond donors (Lipinski definition) is 2. The minimum Gasteiger partial charge on any atom is -0.341 e. The van der Waals surface area contributed by atoms with Crippen molar-refractivity contribution in [2.75, 3.05) is 7.05 Å². The molecule has 2 rings (SSSR count). The van der Waals surface area contributed by atoms with Crippen LogP contribution in [0.5, 0.6) is 0 Å². The maximum Gasteiger partial charge on any atom is 0.124 e. The number of fused-ring (bicyclic) bond motifs is 1. The quantitative estimate of drug-likeness (QED) is 0.804. The van der Waals surface area contributed by atoms with Gasteiger partial charge in [0.1, 0.15) is 5.82 Å². The lowest BCUT2D eigenvalue weighted by Gasteiger charge is -2.09. The highest BCUT2D eigenvalue weighted by atomic mass is 15.0. The van der Waals surface area contributed by atoms with Crippen molar-refractivity contribution < 1.29 is 0 Å². The number of aromatic amines is 1. The fourth-order valence-corrected chi connectivity index (χ4v) is 1.84. The van der Waals surface area contributed by atoms with Gasteiger partial charge in [-0.15, -0.1) is 0 Å². The molecule has 0 bridgehead atoms. The molecule has 0 saturated carbocycles. The molecule has 1 aromatic carbocycles. The Morgan fingerprint density at radius 3 is 2.93 bits per heavy atom. The highest BCUT2D eigenvalue weighted by Crippen LogP contribution is 2.18. The van der Waals surface area contributed by atoms with Crippen molar-refractivity contribution in [1.82, 2.24) is 15.3 Å². The molecular weight excluding hydrogens is 186 g/mol. The summed E-state index contributed by atoms with van der Waals surface area (Å²) in [5.41, 5.74) is 3.43. The molecule has 80 valence electrons. The smallest absolute Gasteiger partial charge is 0.124 e. The first-order valence-corrected chi connectivity index (χ1v) is 5.38. The molecule has 1 atom stereocenters. The van der Waals surface area contributed by atoms with E-state index in [2.05, 4.69) is 47.3 Å². The van der Waals surface area contributed by atoms with Gasteiger partial charge in [-0.3, -0.25) is 0 Å². The Hall–Kier alpha value is -1.35. The third-order valence-corrected chi connectivity index (χ3v) is 2.74. The fraction of sp³-hybridized carbons (Fsp3) is 0.417. The van der Waals surface area contributed by atoms with E-state index in [4.69, 9.17) is 0 Å². The van der Waals surface area contributed by atoms with Gasteiger partial charge in [-0.2, -0.15) is 0 Å². The second kappa shape index (κ2) is 4.03. The van der Waals surface area contributed by atoms with Crippen LogP contribution in [0.2, 0.25) is 0 Å². The molecule has 0 fully saturated rings. The lowest BCUT2D eigenvalue weighted by molar-refractivity contribution is 0.551. The molecule has 0 aliphatic rings. The van der Waals surface area contributed by atoms with Gasteiger partial charge in [0.2, 0.25) is 0 Å². The van der Waals surface area contributed by atoms with E-state index < -0.39 is 0 Å². The van der Waals surface area contributed by atoms with Gasteiger partial charge in [0.05, 0.1) is 17.1 Å². The van der Waals surface area contributed by atoms with E-state index in [1.165, 1.54) is 5.56 Å². The summed E-state index contributed by atoms with van der Waals surface area (Å²) in [6, 6.07) is 6.60. The summed E-state index contributed by atoms with van der Waals surface area (Å²) in [4.78, 5) is 7.94. The molecule has 1 heterocycles. The average molecular weight is 203 g/mol. The van der Waals surface area contributed by atoms with E-state index in [0.717, 1.165) is 23.3 Å². The zero-order valence-electron chi connectivity index (χ0n) is 9.46. The van der Waals surface area contributed by atoms with Crippen LogP contribution in [0.25, 0.3) is 11.0 Å². The number of nitrogens with zero attached hydrogens (tertiary/aromatic N) is 1. The van der Waals surface area contributed by atoms with E-state index in [-0.39, 0.29) is 0 Å². The number of aryl methyl sites for hydroxylation is 1. The highest BCUT2D eigenvalue weighted by molar-refractivity contribution is 5.75. The van der Waals surface area contributed by atoms with E-state index in [9.17, 15) is 0 Å². The summed E-state index contributed by atoms with van der Waals surface area (Å²) in [7, 11) is 1.96. The van der Waals surface area contributed by atoms with Crippen LogP contribution in [0.4, 0.5) is 0 Å². The Labute approximate surface area is 89.9 Å². The Bertz CT molecular complexity index is 455. The van der Waals surface area contributed by atoms with Crippen LogP contribution in [0.3, 0.4) is 0 Å². The predicted molar refractivity (Wildman–Crippen MR) is 62.9 cm³/mol. The van der Waals surface area contributed by atoms with Crippen LogP contribution in [0.1, 0.15) is 30.8 Å². The number of aromatic nitrogens is 2. The molecule has 2 aromatic rings. The lowest BCUT2D eigenvalue weighted by atomic mass is 10.2. The van der Waals surface area contributed by atoms with Gasteiger partial charge in [0.15, 0.2) is 0 Å². The fourth-order valence-electron chi connectivity index (χ4n) is 1.84. The first kappa shape index (κ1) is 10.2. The zero-order chi connectivity index (χ0) is 10.8. The average Bonchev–Trinajstić information content (AvgIpc) is 2.62. The van der Waals surface area contributed by atoms with E-state index in [1.54, 1.807) is 0 Å². The van der Waals surface area contributed by atoms with Gasteiger partial charge in [-0.05, 0) is 38.1 Å². The van der Waals surface area contributed by atoms with Crippen molar-refractivity contribution in [2.45, 2.75) is 26.3 Å². The van der Waals surface area contributed by atoms with Gasteiger partial charge in [-0.25, -0.2) is 4.98 Å². The Balaban J connectivity index is 2.46. The minimum absolute atomic E-state index is 0.317. The molecule has 15 heavy (non-hydrogen) atoms. The summed E-state index contributed by atoms with van der Waals surface area (Å²) in [5, 5.41) is 3.25. The third kappa shape index (κ3) is 1.88. The van der Waals surface area contributed by atoms with Crippen LogP contribution in [0, 0.1) is 6.92 Å². The maximum absolute atomic E-state index is 4.58. The van der Waals surface area contributed by atoms with Crippen LogP contribution in [-0.4, -0.2) is 17.0 Å². The summed E-state index contributed by atoms with van der Waals surface area (Å²) in [5.74, 6) is 1.03. The molecule has 0 aliphatic heterocycles. The number of benzene rings is 1. The second-order valence-corrected chi connectivity index (χ2v) is 3.89. The van der Waals surface area contributed by atoms with Crippen molar-refractivity contribution >= 4 is 11.0 Å². The molecule has 0 spiro atoms. The zero-order valence-corrected chi connectivity index (χ0v) is 9.46. The largest absolute Gasteiger partial charge is 0.341 e. The Kier molecular flexibility index (Phi) is 2.73. The molecule has 3 nitrogen and oxygen atoms in total. The molecule has 0 saturated heterocycles. The van der Waals surface area contributed by atoms with Gasteiger partial charge < -0.3 is 10.3 Å². The van der Waals surface area contributed by atoms with Crippen molar-refractivity contribution in [2.24, 2.45) is 0 Å². The van der Waals surface area contributed by atoms with Crippen LogP contribution >= 0.6 is 0 Å². The molecular formula is C12H17N3. The highest BCUT2D eigenvalue weighted by Gasteiger charge is 2.11. The summed E-state index contributed by atoms with van der Waals surface area (Å²) in [6.45, 7) is 4.24. The van der Waals surface area contributed by atoms with E-state index in [1.807, 2.05) is 7.05 Å². The number of rotatable bonds is 3. The minimum atomic E-state index is 0.317. The first-order chi connectivity index (χ1) is 7.24. The summed E-state index contributed by atoms with van der Waals surface area (Å²) in [6.07, 6.45) is 1.04. The number of H-pyrrole nitrogens is 1. The molecule has 0 radical (unpaired) electrons. The summed E-state index contributed by atoms with van der Waals surface area (Å²) < 4.78 is 0. The lowest BCUT2D eigenvalue weighted by Crippen LogP contribution is -2.16. The van der Waals surface area contributed by atoms with Crippen LogP contribution < -0.4 is 5.32 Å². The Morgan fingerprint density at radius 2 is 2.27 bits per heavy atom. The Morgan fingerprint density at radius 1 is 1.47 bits per heavy atom. The van der Waals surface area contributed by atoms with Crippen LogP contribution in [0.15, 0.2) is 18.2 Å². The van der Waals surface area contributed by atoms with E-state index >= 15 is 0 Å². The maximum atomic E-state index is 4.58. The molecule has 0 amide bonds. The van der Waals surface area contributed by atoms with Gasteiger partial charge in [0.25, 0.3) is 0 Å². The van der Waals surface area contributed by atoms with Crippen LogP contribution in [-0.2, 0) is 0 Å². The normalized spacial score (nSPS) is 13.3. The SMILES string of the molecule is CCC(NC)c1nc2ccc(C)cc2[nH]1. The molecule has 1 unspecified atom stereocenters. The molecule has 0 aliphatic carbocycles. The third-order valence-electron chi connectivity index (χ3n) is 2.74. The van der Waals surface area contributed by atoms with Crippen molar-refractivity contribution in [1.29, 1.82) is 0 Å². The number of imidazole rings is 1. The topological polar surface area (TPSA) is 40.7 Å². The molecule has 3 heteroatoms. The monoisotopic (exact) mass is 203 g/mol. The summed E-state index contributed by atoms with van der Waals surface area (Å²) >= 11 is 0. The number of hydrogen-bond acceptors (Lipinski definition) is 2. The van der Waals surface area contributed by atoms with E-state index in [0.29, 0.717) is 6.04 Å². The van der Waals surface area contributed by atoms with Crippen molar-refractivity contribution in [3.63, 3.8) is 0 Å². The van der Waals surface area contributed by atoms with Gasteiger partial charge in [-0.1, -0.05) is 13.0 Å². The second-order valence-electron chi connectivity index (χ2n) is 3.89. The van der Waals surface area contributed by atoms with Gasteiger partial charge >= 0.3 is 0 Å². The first-order valence-electron chi connectivity index (χ1n) is 5.38. The van der Waals surface area contributed by atoms with Gasteiger partial charge in [0, 0.05) is 0 Å². The van der Waals surface area contributed by atoms with Crippen molar-refractivity contribution in [3.05, 3.63) is 29.6 Å². The van der Waals surface area contributed by atoms with Crippen molar-refractivity contribution in [3.8, 4) is 0 Å².